The number of carbonyl (C=O) groups is 1. The van der Waals surface area contributed by atoms with Crippen molar-refractivity contribution in [2.45, 2.75) is 52.7 Å². The van der Waals surface area contributed by atoms with Gasteiger partial charge in [-0.15, -0.1) is 0 Å². The highest BCUT2D eigenvalue weighted by Gasteiger charge is 2.22. The lowest BCUT2D eigenvalue weighted by Crippen LogP contribution is -2.41. The summed E-state index contributed by atoms with van der Waals surface area (Å²) in [5.74, 6) is 0.588. The van der Waals surface area contributed by atoms with Crippen molar-refractivity contribution in [2.75, 3.05) is 19.7 Å². The number of carbonyl (C=O) groups excluding carboxylic acids is 1. The van der Waals surface area contributed by atoms with Gasteiger partial charge in [0.15, 0.2) is 0 Å². The van der Waals surface area contributed by atoms with Crippen LogP contribution in [0.1, 0.15) is 49.7 Å². The summed E-state index contributed by atoms with van der Waals surface area (Å²) in [5.41, 5.74) is 2.50. The first-order valence-corrected chi connectivity index (χ1v) is 9.19. The molecule has 0 aliphatic carbocycles. The molecule has 0 saturated carbocycles. The van der Waals surface area contributed by atoms with Crippen LogP contribution < -0.4 is 4.74 Å². The lowest BCUT2D eigenvalue weighted by molar-refractivity contribution is 0.0520. The highest BCUT2D eigenvalue weighted by Crippen LogP contribution is 2.29. The Morgan fingerprint density at radius 3 is 2.64 bits per heavy atom. The molecule has 1 saturated heterocycles. The van der Waals surface area contributed by atoms with E-state index in [4.69, 9.17) is 9.47 Å². The number of aryl methyl sites for hydroxylation is 1. The number of aromatic amines is 1. The third-order valence-corrected chi connectivity index (χ3v) is 4.91. The van der Waals surface area contributed by atoms with Crippen molar-refractivity contribution >= 4 is 16.9 Å². The van der Waals surface area contributed by atoms with Gasteiger partial charge in [-0.3, -0.25) is 0 Å². The first kappa shape index (κ1) is 17.8. The number of nitrogens with one attached hydrogen (secondary N) is 1. The van der Waals surface area contributed by atoms with Crippen LogP contribution in [0.5, 0.6) is 5.75 Å². The number of piperidine rings is 1. The fourth-order valence-electron chi connectivity index (χ4n) is 3.40. The van der Waals surface area contributed by atoms with Crippen LogP contribution in [0, 0.1) is 6.92 Å². The number of ether oxygens (including phenoxy) is 2. The van der Waals surface area contributed by atoms with Crippen LogP contribution in [0.3, 0.4) is 0 Å². The molecule has 5 heteroatoms. The summed E-state index contributed by atoms with van der Waals surface area (Å²) in [5, 5.41) is 0.975. The lowest BCUT2D eigenvalue weighted by atomic mass is 10.1. The number of likely N-dealkylation sites (tertiary alicyclic amines) is 1. The third kappa shape index (κ3) is 3.98. The zero-order chi connectivity index (χ0) is 18.0. The number of esters is 1. The van der Waals surface area contributed by atoms with Gasteiger partial charge in [0.2, 0.25) is 0 Å². The monoisotopic (exact) mass is 344 g/mol. The van der Waals surface area contributed by atoms with Gasteiger partial charge < -0.3 is 19.4 Å². The number of aromatic nitrogens is 1. The first-order chi connectivity index (χ1) is 12.0. The van der Waals surface area contributed by atoms with Crippen molar-refractivity contribution in [3.8, 4) is 5.75 Å². The maximum absolute atomic E-state index is 11.9. The van der Waals surface area contributed by atoms with Gasteiger partial charge in [0.1, 0.15) is 17.5 Å². The average molecular weight is 344 g/mol. The van der Waals surface area contributed by atoms with Crippen molar-refractivity contribution in [3.05, 3.63) is 29.5 Å². The van der Waals surface area contributed by atoms with E-state index in [1.807, 2.05) is 25.1 Å². The predicted molar refractivity (Wildman–Crippen MR) is 99.4 cm³/mol. The summed E-state index contributed by atoms with van der Waals surface area (Å²) in [7, 11) is 0. The Bertz CT molecular complexity index is 743. The van der Waals surface area contributed by atoms with E-state index in [1.165, 1.54) is 0 Å². The smallest absolute Gasteiger partial charge is 0.354 e. The van der Waals surface area contributed by atoms with E-state index in [9.17, 15) is 4.79 Å². The molecule has 1 N–H and O–H groups in total. The summed E-state index contributed by atoms with van der Waals surface area (Å²) < 4.78 is 11.3. The van der Waals surface area contributed by atoms with Crippen LogP contribution in [0.25, 0.3) is 10.9 Å². The van der Waals surface area contributed by atoms with Gasteiger partial charge in [-0.05, 0) is 64.3 Å². The molecule has 2 heterocycles. The van der Waals surface area contributed by atoms with Gasteiger partial charge in [-0.1, -0.05) is 0 Å². The van der Waals surface area contributed by atoms with Crippen molar-refractivity contribution < 1.29 is 14.3 Å². The highest BCUT2D eigenvalue weighted by molar-refractivity contribution is 5.95. The Morgan fingerprint density at radius 2 is 2.00 bits per heavy atom. The Kier molecular flexibility index (Phi) is 5.33. The molecular formula is C20H28N2O3. The number of rotatable bonds is 5. The molecule has 3 rings (SSSR count). The lowest BCUT2D eigenvalue weighted by Gasteiger charge is -2.34. The highest BCUT2D eigenvalue weighted by atomic mass is 16.5. The zero-order valence-electron chi connectivity index (χ0n) is 15.6. The van der Waals surface area contributed by atoms with E-state index in [2.05, 4.69) is 23.7 Å². The standard InChI is InChI=1S/C20H28N2O3/c1-5-24-20(23)18-11-15-12-19(14(4)10-17(15)21-18)25-16-6-8-22(9-7-16)13(2)3/h10-13,16,21H,5-9H2,1-4H3. The maximum atomic E-state index is 11.9. The second-order valence-electron chi connectivity index (χ2n) is 7.06. The minimum atomic E-state index is -0.320. The Labute approximate surface area is 149 Å². The molecular weight excluding hydrogens is 316 g/mol. The Morgan fingerprint density at radius 1 is 1.28 bits per heavy atom. The molecule has 1 aliphatic heterocycles. The van der Waals surface area contributed by atoms with Gasteiger partial charge in [0, 0.05) is 30.0 Å². The molecule has 1 aromatic carbocycles. The molecule has 25 heavy (non-hydrogen) atoms. The fraction of sp³-hybridized carbons (Fsp3) is 0.550. The topological polar surface area (TPSA) is 54.6 Å². The molecule has 0 amide bonds. The van der Waals surface area contributed by atoms with Crippen molar-refractivity contribution in [1.82, 2.24) is 9.88 Å². The van der Waals surface area contributed by atoms with Gasteiger partial charge in [-0.2, -0.15) is 0 Å². The van der Waals surface area contributed by atoms with Gasteiger partial charge in [0.05, 0.1) is 6.61 Å². The number of benzene rings is 1. The van der Waals surface area contributed by atoms with E-state index < -0.39 is 0 Å². The van der Waals surface area contributed by atoms with Crippen LogP contribution in [0.15, 0.2) is 18.2 Å². The number of hydrogen-bond acceptors (Lipinski definition) is 4. The summed E-state index contributed by atoms with van der Waals surface area (Å²) >= 11 is 0. The molecule has 0 unspecified atom stereocenters. The second-order valence-corrected chi connectivity index (χ2v) is 7.06. The van der Waals surface area contributed by atoms with Crippen molar-refractivity contribution in [1.29, 1.82) is 0 Å². The van der Waals surface area contributed by atoms with E-state index >= 15 is 0 Å². The van der Waals surface area contributed by atoms with E-state index in [0.29, 0.717) is 18.3 Å². The van der Waals surface area contributed by atoms with E-state index in [1.54, 1.807) is 6.92 Å². The normalized spacial score (nSPS) is 16.5. The summed E-state index contributed by atoms with van der Waals surface area (Å²) in [6, 6.07) is 6.50. The van der Waals surface area contributed by atoms with E-state index in [-0.39, 0.29) is 12.1 Å². The van der Waals surface area contributed by atoms with Crippen molar-refractivity contribution in [3.63, 3.8) is 0 Å². The van der Waals surface area contributed by atoms with Crippen LogP contribution in [-0.4, -0.2) is 47.7 Å². The van der Waals surface area contributed by atoms with Crippen LogP contribution in [0.2, 0.25) is 0 Å². The minimum Gasteiger partial charge on any atom is -0.490 e. The quantitative estimate of drug-likeness (QED) is 0.836. The largest absolute Gasteiger partial charge is 0.490 e. The summed E-state index contributed by atoms with van der Waals surface area (Å²) in [4.78, 5) is 17.5. The SMILES string of the molecule is CCOC(=O)c1cc2cc(OC3CCN(C(C)C)CC3)c(C)cc2[nH]1. The van der Waals surface area contributed by atoms with E-state index in [0.717, 1.165) is 48.1 Å². The van der Waals surface area contributed by atoms with Gasteiger partial charge in [-0.25, -0.2) is 4.79 Å². The average Bonchev–Trinajstić information content (AvgIpc) is 2.99. The van der Waals surface area contributed by atoms with Crippen molar-refractivity contribution in [2.24, 2.45) is 0 Å². The minimum absolute atomic E-state index is 0.259. The number of nitrogens with zero attached hydrogens (tertiary/aromatic N) is 1. The molecule has 1 aliphatic rings. The third-order valence-electron chi connectivity index (χ3n) is 4.91. The second kappa shape index (κ2) is 7.48. The molecule has 1 aromatic heterocycles. The van der Waals surface area contributed by atoms with Gasteiger partial charge in [0.25, 0.3) is 0 Å². The molecule has 0 bridgehead atoms. The number of hydrogen-bond donors (Lipinski definition) is 1. The molecule has 136 valence electrons. The molecule has 0 spiro atoms. The molecule has 5 nitrogen and oxygen atoms in total. The van der Waals surface area contributed by atoms with Crippen LogP contribution in [-0.2, 0) is 4.74 Å². The molecule has 0 radical (unpaired) electrons. The van der Waals surface area contributed by atoms with Crippen LogP contribution >= 0.6 is 0 Å². The predicted octanol–water partition coefficient (Wildman–Crippen LogP) is 3.90. The fourth-order valence-corrected chi connectivity index (χ4v) is 3.40. The van der Waals surface area contributed by atoms with Gasteiger partial charge >= 0.3 is 5.97 Å². The zero-order valence-corrected chi connectivity index (χ0v) is 15.6. The first-order valence-electron chi connectivity index (χ1n) is 9.19. The molecule has 0 atom stereocenters. The Balaban J connectivity index is 1.74. The molecule has 1 fully saturated rings. The number of fused-ring (bicyclic) bond motifs is 1. The Hall–Kier alpha value is -2.01. The summed E-state index contributed by atoms with van der Waals surface area (Å²) in [6.45, 7) is 10.9. The molecule has 2 aromatic rings. The number of H-pyrrole nitrogens is 1. The van der Waals surface area contributed by atoms with Crippen LogP contribution in [0.4, 0.5) is 0 Å². The summed E-state index contributed by atoms with van der Waals surface area (Å²) in [6.07, 6.45) is 2.36. The maximum Gasteiger partial charge on any atom is 0.354 e.